The summed E-state index contributed by atoms with van der Waals surface area (Å²) in [6.07, 6.45) is 1.28. The minimum Gasteiger partial charge on any atom is -0.423 e. The van der Waals surface area contributed by atoms with Crippen molar-refractivity contribution in [3.05, 3.63) is 29.3 Å². The molecular formula is C11H13BO3. The first-order valence-corrected chi connectivity index (χ1v) is 5.07. The molecule has 0 saturated heterocycles. The number of fused-ring (bicyclic) bond motifs is 1. The minimum atomic E-state index is -0.794. The average Bonchev–Trinajstić information content (AvgIpc) is 2.57. The molecule has 1 aliphatic rings. The molecule has 0 unspecified atom stereocenters. The van der Waals surface area contributed by atoms with E-state index in [0.29, 0.717) is 13.0 Å². The summed E-state index contributed by atoms with van der Waals surface area (Å²) in [5.74, 6) is 0.187. The van der Waals surface area contributed by atoms with E-state index < -0.39 is 7.12 Å². The molecule has 0 radical (unpaired) electrons. The smallest absolute Gasteiger partial charge is 0.423 e. The summed E-state index contributed by atoms with van der Waals surface area (Å²) in [5.41, 5.74) is 2.96. The highest BCUT2D eigenvalue weighted by molar-refractivity contribution is 6.61. The van der Waals surface area contributed by atoms with E-state index in [0.717, 1.165) is 23.0 Å². The summed E-state index contributed by atoms with van der Waals surface area (Å²) in [6.45, 7) is 2.06. The summed E-state index contributed by atoms with van der Waals surface area (Å²) in [4.78, 5) is 10.8. The number of hydrogen-bond donors (Lipinski definition) is 1. The zero-order valence-electron chi connectivity index (χ0n) is 8.69. The number of carbonyl (C=O) groups excluding carboxylic acids is 1. The second-order valence-electron chi connectivity index (χ2n) is 3.90. The molecule has 1 N–H and O–H groups in total. The monoisotopic (exact) mass is 204 g/mol. The van der Waals surface area contributed by atoms with Crippen LogP contribution < -0.4 is 5.46 Å². The molecule has 1 heterocycles. The number of Topliss-reactive ketones (excluding diaryl/α,β-unsaturated/α-hetero) is 1. The standard InChI is InChI=1S/C11H13BO3/c1-8(13)2-3-9-4-5-10-7-15-12(14)11(10)6-9/h4-6,14H,2-3,7H2,1H3. The fraction of sp³-hybridized carbons (Fsp3) is 0.364. The largest absolute Gasteiger partial charge is 0.491 e. The third kappa shape index (κ3) is 2.27. The molecule has 2 rings (SSSR count). The van der Waals surface area contributed by atoms with Gasteiger partial charge in [-0.25, -0.2) is 0 Å². The summed E-state index contributed by atoms with van der Waals surface area (Å²) in [5, 5.41) is 9.49. The van der Waals surface area contributed by atoms with Crippen molar-refractivity contribution in [1.82, 2.24) is 0 Å². The quantitative estimate of drug-likeness (QED) is 0.726. The van der Waals surface area contributed by atoms with Crippen LogP contribution in [0.5, 0.6) is 0 Å². The number of hydrogen-bond acceptors (Lipinski definition) is 3. The van der Waals surface area contributed by atoms with Gasteiger partial charge in [0.15, 0.2) is 0 Å². The highest BCUT2D eigenvalue weighted by Gasteiger charge is 2.26. The lowest BCUT2D eigenvalue weighted by Gasteiger charge is -2.03. The van der Waals surface area contributed by atoms with Crippen molar-refractivity contribution in [2.45, 2.75) is 26.4 Å². The van der Waals surface area contributed by atoms with E-state index in [2.05, 4.69) is 0 Å². The minimum absolute atomic E-state index is 0.187. The maximum absolute atomic E-state index is 10.8. The Balaban J connectivity index is 2.14. The third-order valence-corrected chi connectivity index (χ3v) is 2.64. The van der Waals surface area contributed by atoms with Crippen LogP contribution in [-0.4, -0.2) is 17.9 Å². The Morgan fingerprint density at radius 2 is 2.40 bits per heavy atom. The van der Waals surface area contributed by atoms with Crippen LogP contribution in [0, 0.1) is 0 Å². The van der Waals surface area contributed by atoms with E-state index in [9.17, 15) is 9.82 Å². The first kappa shape index (κ1) is 10.4. The molecule has 4 heteroatoms. The Bertz CT molecular complexity index is 389. The number of ketones is 1. The molecule has 78 valence electrons. The van der Waals surface area contributed by atoms with Gasteiger partial charge >= 0.3 is 7.12 Å². The Morgan fingerprint density at radius 1 is 1.60 bits per heavy atom. The maximum atomic E-state index is 10.8. The van der Waals surface area contributed by atoms with Gasteiger partial charge in [-0.15, -0.1) is 0 Å². The van der Waals surface area contributed by atoms with Gasteiger partial charge in [0.1, 0.15) is 5.78 Å². The van der Waals surface area contributed by atoms with E-state index in [1.54, 1.807) is 6.92 Å². The van der Waals surface area contributed by atoms with E-state index in [4.69, 9.17) is 4.65 Å². The summed E-state index contributed by atoms with van der Waals surface area (Å²) in [6, 6.07) is 5.88. The van der Waals surface area contributed by atoms with Crippen molar-refractivity contribution in [1.29, 1.82) is 0 Å². The van der Waals surface area contributed by atoms with Crippen LogP contribution in [0.25, 0.3) is 0 Å². The maximum Gasteiger partial charge on any atom is 0.491 e. The molecule has 3 nitrogen and oxygen atoms in total. The lowest BCUT2D eigenvalue weighted by Crippen LogP contribution is -2.28. The molecule has 15 heavy (non-hydrogen) atoms. The Morgan fingerprint density at radius 3 is 3.13 bits per heavy atom. The van der Waals surface area contributed by atoms with Crippen molar-refractivity contribution in [2.75, 3.05) is 0 Å². The summed E-state index contributed by atoms with van der Waals surface area (Å²) < 4.78 is 5.09. The number of aryl methyl sites for hydroxylation is 1. The van der Waals surface area contributed by atoms with Crippen LogP contribution in [0.2, 0.25) is 0 Å². The van der Waals surface area contributed by atoms with Gasteiger partial charge in [0.2, 0.25) is 0 Å². The van der Waals surface area contributed by atoms with E-state index in [1.807, 2.05) is 18.2 Å². The van der Waals surface area contributed by atoms with Gasteiger partial charge in [0, 0.05) is 6.42 Å². The second kappa shape index (κ2) is 4.17. The van der Waals surface area contributed by atoms with Gasteiger partial charge in [0.05, 0.1) is 6.61 Å². The molecule has 0 atom stereocenters. The molecular weight excluding hydrogens is 191 g/mol. The van der Waals surface area contributed by atoms with Crippen molar-refractivity contribution in [3.63, 3.8) is 0 Å². The Hall–Kier alpha value is -1.13. The lowest BCUT2D eigenvalue weighted by molar-refractivity contribution is -0.116. The Kier molecular flexibility index (Phi) is 2.89. The average molecular weight is 204 g/mol. The fourth-order valence-corrected chi connectivity index (χ4v) is 1.74. The zero-order chi connectivity index (χ0) is 10.8. The normalized spacial score (nSPS) is 14.1. The van der Waals surface area contributed by atoms with Gasteiger partial charge in [0.25, 0.3) is 0 Å². The van der Waals surface area contributed by atoms with Crippen molar-refractivity contribution < 1.29 is 14.5 Å². The molecule has 0 aromatic heterocycles. The number of benzene rings is 1. The van der Waals surface area contributed by atoms with Crippen molar-refractivity contribution in [3.8, 4) is 0 Å². The van der Waals surface area contributed by atoms with Gasteiger partial charge in [-0.2, -0.15) is 0 Å². The molecule has 0 fully saturated rings. The lowest BCUT2D eigenvalue weighted by atomic mass is 9.78. The van der Waals surface area contributed by atoms with Crippen LogP contribution in [-0.2, 0) is 22.5 Å². The zero-order valence-corrected chi connectivity index (χ0v) is 8.69. The van der Waals surface area contributed by atoms with Gasteiger partial charge in [-0.3, -0.25) is 0 Å². The number of rotatable bonds is 3. The van der Waals surface area contributed by atoms with E-state index >= 15 is 0 Å². The van der Waals surface area contributed by atoms with Gasteiger partial charge in [-0.05, 0) is 29.9 Å². The van der Waals surface area contributed by atoms with E-state index in [1.165, 1.54) is 0 Å². The highest BCUT2D eigenvalue weighted by Crippen LogP contribution is 2.12. The SMILES string of the molecule is CC(=O)CCc1ccc2c(c1)B(O)OC2. The predicted octanol–water partition coefficient (Wildman–Crippen LogP) is 0.426. The number of carbonyl (C=O) groups is 1. The fourth-order valence-electron chi connectivity index (χ4n) is 1.74. The van der Waals surface area contributed by atoms with E-state index in [-0.39, 0.29) is 5.78 Å². The van der Waals surface area contributed by atoms with Crippen LogP contribution in [0.15, 0.2) is 18.2 Å². The van der Waals surface area contributed by atoms with Crippen molar-refractivity contribution in [2.24, 2.45) is 0 Å². The predicted molar refractivity (Wildman–Crippen MR) is 57.8 cm³/mol. The third-order valence-electron chi connectivity index (χ3n) is 2.64. The van der Waals surface area contributed by atoms with Crippen LogP contribution in [0.4, 0.5) is 0 Å². The first-order valence-electron chi connectivity index (χ1n) is 5.07. The second-order valence-corrected chi connectivity index (χ2v) is 3.90. The molecule has 0 bridgehead atoms. The Labute approximate surface area is 89.2 Å². The molecule has 0 aliphatic carbocycles. The van der Waals surface area contributed by atoms with Crippen molar-refractivity contribution >= 4 is 18.4 Å². The summed E-state index contributed by atoms with van der Waals surface area (Å²) in [7, 11) is -0.794. The van der Waals surface area contributed by atoms with Crippen LogP contribution in [0.1, 0.15) is 24.5 Å². The van der Waals surface area contributed by atoms with Gasteiger partial charge < -0.3 is 14.5 Å². The molecule has 0 amide bonds. The topological polar surface area (TPSA) is 46.5 Å². The molecule has 1 aliphatic heterocycles. The van der Waals surface area contributed by atoms with Crippen LogP contribution >= 0.6 is 0 Å². The molecule has 0 spiro atoms. The summed E-state index contributed by atoms with van der Waals surface area (Å²) >= 11 is 0. The molecule has 1 aromatic rings. The van der Waals surface area contributed by atoms with Crippen LogP contribution in [0.3, 0.4) is 0 Å². The highest BCUT2D eigenvalue weighted by atomic mass is 16.5. The molecule has 1 aromatic carbocycles. The molecule has 0 saturated carbocycles. The first-order chi connectivity index (χ1) is 7.16. The van der Waals surface area contributed by atoms with Gasteiger partial charge in [-0.1, -0.05) is 18.2 Å².